The summed E-state index contributed by atoms with van der Waals surface area (Å²) < 4.78 is 0. The van der Waals surface area contributed by atoms with Gasteiger partial charge < -0.3 is 5.11 Å². The number of thioether (sulfide) groups is 1. The van der Waals surface area contributed by atoms with Crippen LogP contribution in [0.2, 0.25) is 5.02 Å². The number of hydrogen-bond donors (Lipinski definition) is 2. The van der Waals surface area contributed by atoms with Crippen LogP contribution in [0.1, 0.15) is 18.1 Å². The maximum absolute atomic E-state index is 11.8. The van der Waals surface area contributed by atoms with Crippen molar-refractivity contribution in [2.24, 2.45) is 5.10 Å². The molecule has 0 aliphatic carbocycles. The van der Waals surface area contributed by atoms with Crippen LogP contribution >= 0.6 is 23.4 Å². The summed E-state index contributed by atoms with van der Waals surface area (Å²) in [4.78, 5) is 12.8. The minimum absolute atomic E-state index is 0.140. The lowest BCUT2D eigenvalue weighted by atomic mass is 10.1. The van der Waals surface area contributed by atoms with Gasteiger partial charge in [-0.15, -0.1) is 11.8 Å². The van der Waals surface area contributed by atoms with Gasteiger partial charge in [0.15, 0.2) is 0 Å². The highest BCUT2D eigenvalue weighted by atomic mass is 35.5. The Labute approximate surface area is 144 Å². The number of rotatable bonds is 5. The summed E-state index contributed by atoms with van der Waals surface area (Å²) in [6.07, 6.45) is 0. The Balaban J connectivity index is 1.92. The summed E-state index contributed by atoms with van der Waals surface area (Å²) in [7, 11) is 0. The highest BCUT2D eigenvalue weighted by Crippen LogP contribution is 2.20. The number of nitrogens with one attached hydrogen (secondary N) is 1. The number of phenols is 1. The number of hydrogen-bond acceptors (Lipinski definition) is 4. The molecule has 0 aromatic heterocycles. The Hall–Kier alpha value is -1.98. The quantitative estimate of drug-likeness (QED) is 0.488. The number of amides is 1. The molecule has 0 unspecified atom stereocenters. The molecule has 120 valence electrons. The molecule has 0 spiro atoms. The number of aromatic hydroxyl groups is 1. The van der Waals surface area contributed by atoms with Gasteiger partial charge in [0.1, 0.15) is 5.75 Å². The van der Waals surface area contributed by atoms with Crippen molar-refractivity contribution in [2.75, 3.05) is 5.75 Å². The first-order chi connectivity index (χ1) is 11.0. The Bertz CT molecular complexity index is 730. The second-order valence-corrected chi connectivity index (χ2v) is 6.48. The van der Waals surface area contributed by atoms with Crippen molar-refractivity contribution in [3.05, 3.63) is 58.6 Å². The highest BCUT2D eigenvalue weighted by molar-refractivity contribution is 8.00. The lowest BCUT2D eigenvalue weighted by Crippen LogP contribution is -2.21. The molecule has 0 aliphatic rings. The van der Waals surface area contributed by atoms with E-state index in [4.69, 9.17) is 11.6 Å². The molecule has 2 N–H and O–H groups in total. The molecule has 0 radical (unpaired) electrons. The lowest BCUT2D eigenvalue weighted by molar-refractivity contribution is -0.118. The molecule has 2 aromatic rings. The number of carbonyl (C=O) groups is 1. The fourth-order valence-corrected chi connectivity index (χ4v) is 2.67. The van der Waals surface area contributed by atoms with Gasteiger partial charge in [-0.2, -0.15) is 5.10 Å². The van der Waals surface area contributed by atoms with Crippen LogP contribution in [-0.4, -0.2) is 22.5 Å². The molecule has 0 saturated heterocycles. The molecule has 1 amide bonds. The number of hydrazone groups is 1. The fourth-order valence-electron chi connectivity index (χ4n) is 1.86. The van der Waals surface area contributed by atoms with Crippen LogP contribution in [-0.2, 0) is 4.79 Å². The number of halogens is 1. The molecular formula is C17H17ClN2O2S. The lowest BCUT2D eigenvalue weighted by Gasteiger charge is -2.06. The third-order valence-corrected chi connectivity index (χ3v) is 4.34. The van der Waals surface area contributed by atoms with Crippen molar-refractivity contribution >= 4 is 35.0 Å². The van der Waals surface area contributed by atoms with Crippen molar-refractivity contribution in [3.8, 4) is 5.75 Å². The molecule has 23 heavy (non-hydrogen) atoms. The van der Waals surface area contributed by atoms with Crippen LogP contribution in [0.5, 0.6) is 5.75 Å². The van der Waals surface area contributed by atoms with E-state index in [1.807, 2.05) is 31.2 Å². The smallest absolute Gasteiger partial charge is 0.250 e. The number of aryl methyl sites for hydroxylation is 1. The van der Waals surface area contributed by atoms with E-state index in [1.54, 1.807) is 25.1 Å². The van der Waals surface area contributed by atoms with Gasteiger partial charge in [0, 0.05) is 15.5 Å². The van der Waals surface area contributed by atoms with E-state index >= 15 is 0 Å². The Morgan fingerprint density at radius 3 is 2.65 bits per heavy atom. The first-order valence-electron chi connectivity index (χ1n) is 6.97. The van der Waals surface area contributed by atoms with Crippen LogP contribution in [0.15, 0.2) is 52.5 Å². The van der Waals surface area contributed by atoms with Gasteiger partial charge in [-0.25, -0.2) is 5.43 Å². The zero-order valence-corrected chi connectivity index (χ0v) is 14.4. The Kier molecular flexibility index (Phi) is 6.07. The van der Waals surface area contributed by atoms with E-state index in [-0.39, 0.29) is 17.4 Å². The third-order valence-electron chi connectivity index (χ3n) is 3.07. The molecule has 0 atom stereocenters. The summed E-state index contributed by atoms with van der Waals surface area (Å²) in [6, 6.07) is 12.5. The van der Waals surface area contributed by atoms with Gasteiger partial charge in [0.2, 0.25) is 5.91 Å². The fraction of sp³-hybridized carbons (Fsp3) is 0.176. The number of carbonyl (C=O) groups excluding carboxylic acids is 1. The summed E-state index contributed by atoms with van der Waals surface area (Å²) >= 11 is 7.22. The number of benzene rings is 2. The van der Waals surface area contributed by atoms with Gasteiger partial charge in [-0.3, -0.25) is 4.79 Å². The summed E-state index contributed by atoms with van der Waals surface area (Å²) in [5.74, 6) is 0.177. The van der Waals surface area contributed by atoms with Crippen molar-refractivity contribution < 1.29 is 9.90 Å². The zero-order chi connectivity index (χ0) is 16.8. The molecule has 0 saturated carbocycles. The zero-order valence-electron chi connectivity index (χ0n) is 12.8. The van der Waals surface area contributed by atoms with Crippen LogP contribution in [0.25, 0.3) is 0 Å². The predicted octanol–water partition coefficient (Wildman–Crippen LogP) is 3.99. The van der Waals surface area contributed by atoms with Crippen LogP contribution in [0, 0.1) is 6.92 Å². The molecule has 0 heterocycles. The second kappa shape index (κ2) is 8.04. The Morgan fingerprint density at radius 2 is 1.96 bits per heavy atom. The van der Waals surface area contributed by atoms with Crippen LogP contribution < -0.4 is 5.43 Å². The van der Waals surface area contributed by atoms with Gasteiger partial charge in [0.05, 0.1) is 11.5 Å². The van der Waals surface area contributed by atoms with E-state index < -0.39 is 0 Å². The molecule has 4 nitrogen and oxygen atoms in total. The first-order valence-corrected chi connectivity index (χ1v) is 8.33. The summed E-state index contributed by atoms with van der Waals surface area (Å²) in [5.41, 5.74) is 4.67. The second-order valence-electron chi connectivity index (χ2n) is 5.00. The van der Waals surface area contributed by atoms with Gasteiger partial charge in [-0.1, -0.05) is 23.2 Å². The standard InChI is InChI=1S/C17H17ClN2O2S/c1-11-3-8-16(21)15(9-11)12(2)19-20-17(22)10-23-14-6-4-13(18)5-7-14/h3-9,21H,10H2,1-2H3,(H,20,22)/b19-12+. The largest absolute Gasteiger partial charge is 0.507 e. The first kappa shape index (κ1) is 17.4. The SMILES string of the molecule is C/C(=N\NC(=O)CSc1ccc(Cl)cc1)c1cc(C)ccc1O. The van der Waals surface area contributed by atoms with Crippen molar-refractivity contribution in [2.45, 2.75) is 18.7 Å². The normalized spacial score (nSPS) is 11.3. The van der Waals surface area contributed by atoms with Crippen molar-refractivity contribution in [3.63, 3.8) is 0 Å². The molecule has 0 aliphatic heterocycles. The molecular weight excluding hydrogens is 332 g/mol. The molecule has 0 fully saturated rings. The van der Waals surface area contributed by atoms with E-state index in [2.05, 4.69) is 10.5 Å². The minimum atomic E-state index is -0.212. The average molecular weight is 349 g/mol. The van der Waals surface area contributed by atoms with Crippen molar-refractivity contribution in [1.82, 2.24) is 5.43 Å². The number of phenolic OH excluding ortho intramolecular Hbond substituents is 1. The molecule has 6 heteroatoms. The summed E-state index contributed by atoms with van der Waals surface area (Å²) in [5, 5.41) is 14.5. The molecule has 2 rings (SSSR count). The van der Waals surface area contributed by atoms with E-state index in [9.17, 15) is 9.90 Å². The molecule has 0 bridgehead atoms. The predicted molar refractivity (Wildman–Crippen MR) is 95.4 cm³/mol. The van der Waals surface area contributed by atoms with Gasteiger partial charge in [-0.05, 0) is 50.2 Å². The maximum atomic E-state index is 11.8. The van der Waals surface area contributed by atoms with Gasteiger partial charge >= 0.3 is 0 Å². The average Bonchev–Trinajstić information content (AvgIpc) is 2.54. The van der Waals surface area contributed by atoms with Crippen LogP contribution in [0.4, 0.5) is 0 Å². The Morgan fingerprint density at radius 1 is 1.26 bits per heavy atom. The van der Waals surface area contributed by atoms with Crippen LogP contribution in [0.3, 0.4) is 0 Å². The van der Waals surface area contributed by atoms with E-state index in [0.717, 1.165) is 10.5 Å². The van der Waals surface area contributed by atoms with E-state index in [0.29, 0.717) is 16.3 Å². The highest BCUT2D eigenvalue weighted by Gasteiger charge is 2.06. The van der Waals surface area contributed by atoms with E-state index in [1.165, 1.54) is 11.8 Å². The topological polar surface area (TPSA) is 61.7 Å². The number of nitrogens with zero attached hydrogens (tertiary/aromatic N) is 1. The maximum Gasteiger partial charge on any atom is 0.250 e. The third kappa shape index (κ3) is 5.30. The monoisotopic (exact) mass is 348 g/mol. The molecule has 2 aromatic carbocycles. The summed E-state index contributed by atoms with van der Waals surface area (Å²) in [6.45, 7) is 3.67. The van der Waals surface area contributed by atoms with Crippen molar-refractivity contribution in [1.29, 1.82) is 0 Å². The minimum Gasteiger partial charge on any atom is -0.507 e. The van der Waals surface area contributed by atoms with Gasteiger partial charge in [0.25, 0.3) is 0 Å².